The number of nitrogens with one attached hydrogen (secondary N) is 1. The number of hydrogen-bond acceptors (Lipinski definition) is 3. The van der Waals surface area contributed by atoms with Crippen LogP contribution in [0.25, 0.3) is 0 Å². The zero-order valence-electron chi connectivity index (χ0n) is 15.3. The zero-order chi connectivity index (χ0) is 18.9. The van der Waals surface area contributed by atoms with Crippen molar-refractivity contribution >= 4 is 21.6 Å². The van der Waals surface area contributed by atoms with E-state index in [1.54, 1.807) is 17.0 Å². The molecular formula is C20H24N2O3S. The number of hydrogen-bond donors (Lipinski definition) is 1. The van der Waals surface area contributed by atoms with Crippen LogP contribution in [0, 0.1) is 13.8 Å². The number of aryl methyl sites for hydroxylation is 2. The molecule has 0 aromatic heterocycles. The van der Waals surface area contributed by atoms with E-state index in [-0.39, 0.29) is 16.8 Å². The third-order valence-corrected chi connectivity index (χ3v) is 6.01. The molecule has 26 heavy (non-hydrogen) atoms. The topological polar surface area (TPSA) is 66.5 Å². The van der Waals surface area contributed by atoms with Crippen LogP contribution in [-0.2, 0) is 10.0 Å². The first-order chi connectivity index (χ1) is 12.3. The van der Waals surface area contributed by atoms with Gasteiger partial charge < -0.3 is 4.90 Å². The maximum atomic E-state index is 13.0. The van der Waals surface area contributed by atoms with Crippen LogP contribution < -0.4 is 9.62 Å². The first kappa shape index (κ1) is 18.6. The second-order valence-corrected chi connectivity index (χ2v) is 8.48. The molecule has 0 unspecified atom stereocenters. The number of anilines is 1. The Morgan fingerprint density at radius 2 is 1.88 bits per heavy atom. The van der Waals surface area contributed by atoms with Crippen molar-refractivity contribution in [2.45, 2.75) is 44.6 Å². The van der Waals surface area contributed by atoms with Gasteiger partial charge in [-0.05, 0) is 63.4 Å². The smallest absolute Gasteiger partial charge is 0.258 e. The molecular weight excluding hydrogens is 348 g/mol. The van der Waals surface area contributed by atoms with Crippen molar-refractivity contribution in [3.05, 3.63) is 59.2 Å². The molecule has 5 nitrogen and oxygen atoms in total. The van der Waals surface area contributed by atoms with Crippen LogP contribution in [0.4, 0.5) is 5.69 Å². The van der Waals surface area contributed by atoms with Crippen LogP contribution >= 0.6 is 0 Å². The molecule has 1 saturated carbocycles. The molecule has 2 aromatic rings. The van der Waals surface area contributed by atoms with Crippen molar-refractivity contribution in [2.75, 3.05) is 11.4 Å². The van der Waals surface area contributed by atoms with E-state index in [9.17, 15) is 13.2 Å². The fraction of sp³-hybridized carbons (Fsp3) is 0.350. The van der Waals surface area contributed by atoms with Gasteiger partial charge in [0.05, 0.1) is 4.90 Å². The molecule has 138 valence electrons. The van der Waals surface area contributed by atoms with Crippen molar-refractivity contribution in [3.63, 3.8) is 0 Å². The van der Waals surface area contributed by atoms with E-state index in [2.05, 4.69) is 4.72 Å². The maximum Gasteiger partial charge on any atom is 0.258 e. The predicted molar refractivity (Wildman–Crippen MR) is 103 cm³/mol. The average molecular weight is 372 g/mol. The molecule has 0 spiro atoms. The summed E-state index contributed by atoms with van der Waals surface area (Å²) in [5.74, 6) is -0.206. The number of nitrogens with zero attached hydrogens (tertiary/aromatic N) is 1. The summed E-state index contributed by atoms with van der Waals surface area (Å²) in [5, 5.41) is 0. The first-order valence-corrected chi connectivity index (χ1v) is 10.3. The molecule has 2 aromatic carbocycles. The van der Waals surface area contributed by atoms with Crippen LogP contribution in [0.3, 0.4) is 0 Å². The van der Waals surface area contributed by atoms with Crippen molar-refractivity contribution < 1.29 is 13.2 Å². The van der Waals surface area contributed by atoms with Crippen molar-refractivity contribution in [3.8, 4) is 0 Å². The Morgan fingerprint density at radius 3 is 2.50 bits per heavy atom. The largest absolute Gasteiger partial charge is 0.308 e. The molecule has 6 heteroatoms. The second-order valence-electron chi connectivity index (χ2n) is 6.76. The highest BCUT2D eigenvalue weighted by Gasteiger charge is 2.28. The van der Waals surface area contributed by atoms with Crippen LogP contribution in [0.2, 0.25) is 0 Å². The van der Waals surface area contributed by atoms with Gasteiger partial charge in [0, 0.05) is 23.8 Å². The summed E-state index contributed by atoms with van der Waals surface area (Å²) in [6, 6.07) is 12.2. The van der Waals surface area contributed by atoms with Gasteiger partial charge in [-0.2, -0.15) is 0 Å². The summed E-state index contributed by atoms with van der Waals surface area (Å²) in [5.41, 5.74) is 3.35. The Bertz CT molecular complexity index is 934. The summed E-state index contributed by atoms with van der Waals surface area (Å²) in [4.78, 5) is 14.8. The monoisotopic (exact) mass is 372 g/mol. The third kappa shape index (κ3) is 3.97. The van der Waals surface area contributed by atoms with E-state index in [0.29, 0.717) is 12.1 Å². The molecule has 1 amide bonds. The lowest BCUT2D eigenvalue weighted by Crippen LogP contribution is -2.31. The number of amides is 1. The molecule has 0 bridgehead atoms. The Labute approximate surface area is 155 Å². The fourth-order valence-corrected chi connectivity index (χ4v) is 4.32. The molecule has 0 saturated heterocycles. The van der Waals surface area contributed by atoms with Gasteiger partial charge >= 0.3 is 0 Å². The van der Waals surface area contributed by atoms with Gasteiger partial charge in [0.2, 0.25) is 10.0 Å². The van der Waals surface area contributed by atoms with Crippen LogP contribution in [-0.4, -0.2) is 26.9 Å². The molecule has 0 radical (unpaired) electrons. The number of carbonyl (C=O) groups is 1. The van der Waals surface area contributed by atoms with Gasteiger partial charge in [-0.1, -0.05) is 23.8 Å². The molecule has 1 N–H and O–H groups in total. The minimum atomic E-state index is -3.58. The van der Waals surface area contributed by atoms with Gasteiger partial charge in [-0.25, -0.2) is 13.1 Å². The SMILES string of the molecule is CCN(C(=O)c1cccc(S(=O)(=O)NC2CC2)c1)c1ccc(C)cc1C. The van der Waals surface area contributed by atoms with E-state index in [1.165, 1.54) is 12.1 Å². The number of benzene rings is 2. The highest BCUT2D eigenvalue weighted by molar-refractivity contribution is 7.89. The van der Waals surface area contributed by atoms with Gasteiger partial charge in [-0.15, -0.1) is 0 Å². The van der Waals surface area contributed by atoms with Gasteiger partial charge in [-0.3, -0.25) is 4.79 Å². The molecule has 0 aliphatic heterocycles. The number of rotatable bonds is 6. The lowest BCUT2D eigenvalue weighted by atomic mass is 10.1. The first-order valence-electron chi connectivity index (χ1n) is 8.83. The van der Waals surface area contributed by atoms with Crippen LogP contribution in [0.5, 0.6) is 0 Å². The molecule has 0 heterocycles. The average Bonchev–Trinajstić information content (AvgIpc) is 3.40. The maximum absolute atomic E-state index is 13.0. The van der Waals surface area contributed by atoms with Gasteiger partial charge in [0.1, 0.15) is 0 Å². The van der Waals surface area contributed by atoms with Crippen molar-refractivity contribution in [1.82, 2.24) is 4.72 Å². The minimum Gasteiger partial charge on any atom is -0.308 e. The number of carbonyl (C=O) groups excluding carboxylic acids is 1. The quantitative estimate of drug-likeness (QED) is 0.845. The highest BCUT2D eigenvalue weighted by Crippen LogP contribution is 2.25. The van der Waals surface area contributed by atoms with E-state index < -0.39 is 10.0 Å². The van der Waals surface area contributed by atoms with Gasteiger partial charge in [0.25, 0.3) is 5.91 Å². The fourth-order valence-electron chi connectivity index (χ4n) is 2.97. The molecule has 3 rings (SSSR count). The zero-order valence-corrected chi connectivity index (χ0v) is 16.1. The lowest BCUT2D eigenvalue weighted by Gasteiger charge is -2.23. The second kappa shape index (κ2) is 7.21. The molecule has 1 fully saturated rings. The Kier molecular flexibility index (Phi) is 5.16. The van der Waals surface area contributed by atoms with E-state index in [0.717, 1.165) is 29.7 Å². The Balaban J connectivity index is 1.92. The highest BCUT2D eigenvalue weighted by atomic mass is 32.2. The van der Waals surface area contributed by atoms with Crippen molar-refractivity contribution in [2.24, 2.45) is 0 Å². The summed E-state index contributed by atoms with van der Waals surface area (Å²) in [6.45, 7) is 6.39. The van der Waals surface area contributed by atoms with Crippen LogP contribution in [0.1, 0.15) is 41.3 Å². The normalized spacial score (nSPS) is 14.3. The summed E-state index contributed by atoms with van der Waals surface area (Å²) in [6.07, 6.45) is 1.74. The standard InChI is InChI=1S/C20H24N2O3S/c1-4-22(19-11-8-14(2)12-15(19)3)20(23)16-6-5-7-18(13-16)26(24,25)21-17-9-10-17/h5-8,11-13,17,21H,4,9-10H2,1-3H3. The summed E-state index contributed by atoms with van der Waals surface area (Å²) in [7, 11) is -3.58. The number of sulfonamides is 1. The van der Waals surface area contributed by atoms with Crippen LogP contribution in [0.15, 0.2) is 47.4 Å². The molecule has 0 atom stereocenters. The Hall–Kier alpha value is -2.18. The van der Waals surface area contributed by atoms with Gasteiger partial charge in [0.15, 0.2) is 0 Å². The Morgan fingerprint density at radius 1 is 1.15 bits per heavy atom. The van der Waals surface area contributed by atoms with E-state index in [4.69, 9.17) is 0 Å². The molecule has 1 aliphatic rings. The lowest BCUT2D eigenvalue weighted by molar-refractivity contribution is 0.0988. The molecule has 1 aliphatic carbocycles. The predicted octanol–water partition coefficient (Wildman–Crippen LogP) is 3.41. The third-order valence-electron chi connectivity index (χ3n) is 4.49. The van der Waals surface area contributed by atoms with E-state index in [1.807, 2.05) is 39.0 Å². The van der Waals surface area contributed by atoms with E-state index >= 15 is 0 Å². The summed E-state index contributed by atoms with van der Waals surface area (Å²) >= 11 is 0. The minimum absolute atomic E-state index is 0.0294. The summed E-state index contributed by atoms with van der Waals surface area (Å²) < 4.78 is 27.5. The van der Waals surface area contributed by atoms with Crippen molar-refractivity contribution in [1.29, 1.82) is 0 Å².